The van der Waals surface area contributed by atoms with Gasteiger partial charge in [-0.3, -0.25) is 4.79 Å². The van der Waals surface area contributed by atoms with Crippen LogP contribution in [0.3, 0.4) is 0 Å². The highest BCUT2D eigenvalue weighted by Gasteiger charge is 2.44. The largest absolute Gasteiger partial charge is 0.394 e. The highest BCUT2D eigenvalue weighted by Crippen LogP contribution is 2.23. The smallest absolute Gasteiger partial charge is 0.220 e. The number of nitrogens with one attached hydrogen (secondary N) is 1. The van der Waals surface area contributed by atoms with E-state index in [4.69, 9.17) is 9.47 Å². The number of ether oxygens (including phenoxy) is 2. The molecule has 71 heavy (non-hydrogen) atoms. The number of rotatable bonds is 55. The number of carbonyl (C=O) groups excluding carboxylic acids is 1. The predicted octanol–water partition coefficient (Wildman–Crippen LogP) is 16.0. The van der Waals surface area contributed by atoms with E-state index in [0.29, 0.717) is 12.8 Å². The van der Waals surface area contributed by atoms with Crippen LogP contribution in [0.5, 0.6) is 0 Å². The van der Waals surface area contributed by atoms with Crippen molar-refractivity contribution in [1.29, 1.82) is 0 Å². The predicted molar refractivity (Wildman–Crippen MR) is 300 cm³/mol. The normalized spacial score (nSPS) is 19.2. The van der Waals surface area contributed by atoms with Crippen molar-refractivity contribution in [3.05, 3.63) is 12.2 Å². The fourth-order valence-electron chi connectivity index (χ4n) is 10.4. The molecule has 0 aromatic carbocycles. The molecule has 0 aromatic heterocycles. The Kier molecular flexibility index (Phi) is 50.1. The lowest BCUT2D eigenvalue weighted by atomic mass is 9.99. The molecule has 0 radical (unpaired) electrons. The molecule has 0 aliphatic carbocycles. The zero-order valence-electron chi connectivity index (χ0n) is 47.0. The molecule has 1 aliphatic heterocycles. The van der Waals surface area contributed by atoms with Crippen LogP contribution in [0.1, 0.15) is 322 Å². The summed E-state index contributed by atoms with van der Waals surface area (Å²) < 4.78 is 11.3. The third-order valence-corrected chi connectivity index (χ3v) is 15.4. The molecule has 1 heterocycles. The lowest BCUT2D eigenvalue weighted by Gasteiger charge is -2.40. The second-order valence-electron chi connectivity index (χ2n) is 22.2. The minimum absolute atomic E-state index is 0.133. The van der Waals surface area contributed by atoms with E-state index < -0.39 is 49.5 Å². The number of hydrogen-bond acceptors (Lipinski definition) is 8. The maximum absolute atomic E-state index is 13.1. The van der Waals surface area contributed by atoms with Gasteiger partial charge >= 0.3 is 0 Å². The van der Waals surface area contributed by atoms with E-state index in [9.17, 15) is 30.3 Å². The Morgan fingerprint density at radius 1 is 0.465 bits per heavy atom. The second kappa shape index (κ2) is 52.4. The van der Waals surface area contributed by atoms with Crippen molar-refractivity contribution in [2.75, 3.05) is 13.2 Å². The zero-order chi connectivity index (χ0) is 51.5. The Balaban J connectivity index is 2.10. The van der Waals surface area contributed by atoms with Gasteiger partial charge in [0.05, 0.1) is 25.4 Å². The van der Waals surface area contributed by atoms with Gasteiger partial charge in [0, 0.05) is 6.42 Å². The fraction of sp³-hybridized carbons (Fsp3) is 0.952. The van der Waals surface area contributed by atoms with Crippen LogP contribution in [0.15, 0.2) is 12.2 Å². The van der Waals surface area contributed by atoms with E-state index in [0.717, 1.165) is 38.5 Å². The first-order valence-corrected chi connectivity index (χ1v) is 31.4. The Hall–Kier alpha value is -1.07. The van der Waals surface area contributed by atoms with Gasteiger partial charge in [-0.25, -0.2) is 0 Å². The Morgan fingerprint density at radius 2 is 0.789 bits per heavy atom. The lowest BCUT2D eigenvalue weighted by molar-refractivity contribution is -0.302. The topological polar surface area (TPSA) is 149 Å². The minimum atomic E-state index is -1.55. The summed E-state index contributed by atoms with van der Waals surface area (Å²) in [6.45, 7) is 3.88. The van der Waals surface area contributed by atoms with Crippen LogP contribution in [0.25, 0.3) is 0 Å². The first kappa shape index (κ1) is 67.9. The number of allylic oxidation sites excluding steroid dienone is 2. The highest BCUT2D eigenvalue weighted by atomic mass is 16.7. The lowest BCUT2D eigenvalue weighted by Crippen LogP contribution is -2.60. The molecule has 0 spiro atoms. The molecule has 0 bridgehead atoms. The molecule has 422 valence electrons. The van der Waals surface area contributed by atoms with Gasteiger partial charge in [0.2, 0.25) is 5.91 Å². The Labute approximate surface area is 439 Å². The molecular formula is C62H121NO8. The molecule has 1 saturated heterocycles. The maximum Gasteiger partial charge on any atom is 0.220 e. The van der Waals surface area contributed by atoms with Gasteiger partial charge < -0.3 is 40.3 Å². The molecule has 9 nitrogen and oxygen atoms in total. The van der Waals surface area contributed by atoms with Crippen LogP contribution in [0.4, 0.5) is 0 Å². The average molecular weight is 1010 g/mol. The summed E-state index contributed by atoms with van der Waals surface area (Å²) >= 11 is 0. The molecule has 7 unspecified atom stereocenters. The van der Waals surface area contributed by atoms with Gasteiger partial charge in [0.15, 0.2) is 6.29 Å². The van der Waals surface area contributed by atoms with E-state index in [1.54, 1.807) is 0 Å². The van der Waals surface area contributed by atoms with Crippen molar-refractivity contribution < 1.29 is 39.8 Å². The van der Waals surface area contributed by atoms with E-state index in [-0.39, 0.29) is 12.5 Å². The summed E-state index contributed by atoms with van der Waals surface area (Å²) in [7, 11) is 0. The van der Waals surface area contributed by atoms with Crippen molar-refractivity contribution in [3.63, 3.8) is 0 Å². The second-order valence-corrected chi connectivity index (χ2v) is 22.2. The quantitative estimate of drug-likeness (QED) is 0.0261. The monoisotopic (exact) mass is 1010 g/mol. The molecule has 7 atom stereocenters. The third-order valence-electron chi connectivity index (χ3n) is 15.4. The summed E-state index contributed by atoms with van der Waals surface area (Å²) in [5.41, 5.74) is 0. The number of amides is 1. The van der Waals surface area contributed by atoms with E-state index in [1.165, 1.54) is 257 Å². The third kappa shape index (κ3) is 41.8. The summed E-state index contributed by atoms with van der Waals surface area (Å²) in [6.07, 6.45) is 58.3. The molecule has 0 saturated carbocycles. The summed E-state index contributed by atoms with van der Waals surface area (Å²) in [4.78, 5) is 13.1. The van der Waals surface area contributed by atoms with Crippen LogP contribution in [-0.4, -0.2) is 87.5 Å². The van der Waals surface area contributed by atoms with Gasteiger partial charge in [-0.05, 0) is 38.5 Å². The maximum atomic E-state index is 13.1. The number of aliphatic hydroxyl groups excluding tert-OH is 5. The van der Waals surface area contributed by atoms with Crippen LogP contribution in [-0.2, 0) is 14.3 Å². The van der Waals surface area contributed by atoms with Crippen LogP contribution in [0.2, 0.25) is 0 Å². The van der Waals surface area contributed by atoms with Gasteiger partial charge in [-0.1, -0.05) is 289 Å². The van der Waals surface area contributed by atoms with Gasteiger partial charge in [-0.15, -0.1) is 0 Å². The Bertz CT molecular complexity index is 1120. The van der Waals surface area contributed by atoms with Crippen LogP contribution < -0.4 is 5.32 Å². The van der Waals surface area contributed by atoms with Crippen molar-refractivity contribution >= 4 is 5.91 Å². The molecule has 9 heteroatoms. The Morgan fingerprint density at radius 3 is 1.14 bits per heavy atom. The van der Waals surface area contributed by atoms with E-state index >= 15 is 0 Å². The van der Waals surface area contributed by atoms with Crippen molar-refractivity contribution in [2.45, 2.75) is 365 Å². The number of carbonyl (C=O) groups is 1. The fourth-order valence-corrected chi connectivity index (χ4v) is 10.4. The van der Waals surface area contributed by atoms with E-state index in [2.05, 4.69) is 31.3 Å². The van der Waals surface area contributed by atoms with Gasteiger partial charge in [-0.2, -0.15) is 0 Å². The van der Waals surface area contributed by atoms with Gasteiger partial charge in [0.1, 0.15) is 24.4 Å². The first-order chi connectivity index (χ1) is 34.8. The zero-order valence-corrected chi connectivity index (χ0v) is 47.0. The first-order valence-electron chi connectivity index (χ1n) is 31.4. The summed E-state index contributed by atoms with van der Waals surface area (Å²) in [6, 6.07) is -0.715. The molecule has 6 N–H and O–H groups in total. The van der Waals surface area contributed by atoms with Crippen molar-refractivity contribution in [3.8, 4) is 0 Å². The van der Waals surface area contributed by atoms with Crippen molar-refractivity contribution in [2.24, 2.45) is 0 Å². The van der Waals surface area contributed by atoms with Crippen molar-refractivity contribution in [1.82, 2.24) is 5.32 Å². The highest BCUT2D eigenvalue weighted by molar-refractivity contribution is 5.76. The SMILES string of the molecule is CCCCCCCCCCCCCC/C=C\CCCCCCCCCCCCCCCCCCC(=O)NC(COC1OC(CO)C(O)C(O)C1O)C(O)CCCCCCCCCCCCCCCCCC. The van der Waals surface area contributed by atoms with Crippen LogP contribution in [0, 0.1) is 0 Å². The summed E-state index contributed by atoms with van der Waals surface area (Å²) in [5.74, 6) is -0.138. The number of hydrogen-bond donors (Lipinski definition) is 6. The number of aliphatic hydroxyl groups is 5. The summed E-state index contributed by atoms with van der Waals surface area (Å²) in [5, 5.41) is 54.7. The minimum Gasteiger partial charge on any atom is -0.394 e. The molecule has 1 amide bonds. The molecule has 1 rings (SSSR count). The van der Waals surface area contributed by atoms with E-state index in [1.807, 2.05) is 0 Å². The van der Waals surface area contributed by atoms with Gasteiger partial charge in [0.25, 0.3) is 0 Å². The average Bonchev–Trinajstić information content (AvgIpc) is 3.37. The van der Waals surface area contributed by atoms with Crippen LogP contribution >= 0.6 is 0 Å². The molecule has 0 aromatic rings. The standard InChI is InChI=1S/C62H121NO8/c1-3-5-7-9-11-13-15-17-19-21-22-23-24-25-26-27-28-29-30-31-32-33-34-35-36-38-40-42-44-46-48-50-52-58(66)63-55(54-70-62-61(69)60(68)59(67)57(53-64)71-62)56(65)51-49-47-45-43-41-39-37-20-18-16-14-12-10-8-6-4-2/h25-26,55-57,59-62,64-65,67-69H,3-24,27-54H2,1-2H3,(H,63,66)/b26-25-. The molecular weight excluding hydrogens is 887 g/mol. The molecule has 1 aliphatic rings. The number of unbranched alkanes of at least 4 members (excludes halogenated alkanes) is 43. The molecule has 1 fully saturated rings.